The molecule has 0 radical (unpaired) electrons. The fraction of sp³-hybridized carbons (Fsp3) is 0.895. The second-order valence-corrected chi connectivity index (χ2v) is 6.85. The molecule has 0 aromatic heterocycles. The van der Waals surface area contributed by atoms with Crippen molar-refractivity contribution in [2.75, 3.05) is 0 Å². The average Bonchev–Trinajstić information content (AvgIpc) is 2.42. The van der Waals surface area contributed by atoms with E-state index in [-0.39, 0.29) is 0 Å². The van der Waals surface area contributed by atoms with Gasteiger partial charge in [0.25, 0.3) is 0 Å². The molecule has 0 amide bonds. The summed E-state index contributed by atoms with van der Waals surface area (Å²) in [5.74, 6) is 0.751. The first kappa shape index (κ1) is 20.0. The van der Waals surface area contributed by atoms with Crippen molar-refractivity contribution in [3.05, 3.63) is 11.1 Å². The number of unbranched alkanes of at least 4 members (excludes halogenated alkanes) is 9. The van der Waals surface area contributed by atoms with E-state index in [1.807, 2.05) is 0 Å². The molecule has 0 bridgehead atoms. The Kier molecular flexibility index (Phi) is 15.4. The molecule has 0 saturated heterocycles. The summed E-state index contributed by atoms with van der Waals surface area (Å²) in [6, 6.07) is 0. The average molecular weight is 301 g/mol. The van der Waals surface area contributed by atoms with E-state index in [0.29, 0.717) is 0 Å². The molecule has 1 heteroatoms. The van der Waals surface area contributed by atoms with Crippen LogP contribution in [0.2, 0.25) is 0 Å². The first-order valence-corrected chi connectivity index (χ1v) is 9.43. The van der Waals surface area contributed by atoms with Crippen LogP contribution in [0.3, 0.4) is 0 Å². The lowest BCUT2D eigenvalue weighted by molar-refractivity contribution is 0.484. The Morgan fingerprint density at radius 3 is 2.05 bits per heavy atom. The molecule has 120 valence electrons. The number of rotatable bonds is 14. The highest BCUT2D eigenvalue weighted by Gasteiger charge is 2.04. The van der Waals surface area contributed by atoms with Crippen LogP contribution in [0.15, 0.2) is 11.1 Å². The first-order chi connectivity index (χ1) is 9.70. The highest BCUT2D eigenvalue weighted by molar-refractivity contribution is 6.29. The monoisotopic (exact) mass is 300 g/mol. The Balaban J connectivity index is 3.48. The van der Waals surface area contributed by atoms with E-state index in [9.17, 15) is 0 Å². The van der Waals surface area contributed by atoms with Crippen molar-refractivity contribution in [3.63, 3.8) is 0 Å². The number of allylic oxidation sites excluding steroid dienone is 2. The van der Waals surface area contributed by atoms with Crippen LogP contribution < -0.4 is 0 Å². The fourth-order valence-electron chi connectivity index (χ4n) is 2.62. The molecule has 0 fully saturated rings. The third-order valence-electron chi connectivity index (χ3n) is 4.02. The van der Waals surface area contributed by atoms with E-state index >= 15 is 0 Å². The van der Waals surface area contributed by atoms with Crippen molar-refractivity contribution in [2.45, 2.75) is 104 Å². The summed E-state index contributed by atoms with van der Waals surface area (Å²) in [5, 5.41) is 1.10. The first-order valence-electron chi connectivity index (χ1n) is 9.05. The van der Waals surface area contributed by atoms with E-state index in [4.69, 9.17) is 11.6 Å². The van der Waals surface area contributed by atoms with E-state index in [0.717, 1.165) is 17.4 Å². The van der Waals surface area contributed by atoms with Gasteiger partial charge in [-0.25, -0.2) is 0 Å². The quantitative estimate of drug-likeness (QED) is 0.286. The summed E-state index contributed by atoms with van der Waals surface area (Å²) in [4.78, 5) is 0. The van der Waals surface area contributed by atoms with Crippen LogP contribution in [0.25, 0.3) is 0 Å². The van der Waals surface area contributed by atoms with Crippen molar-refractivity contribution in [1.29, 1.82) is 0 Å². The lowest BCUT2D eigenvalue weighted by atomic mass is 9.98. The van der Waals surface area contributed by atoms with E-state index < -0.39 is 0 Å². The highest BCUT2D eigenvalue weighted by atomic mass is 35.5. The number of hydrogen-bond acceptors (Lipinski definition) is 0. The fourth-order valence-corrected chi connectivity index (χ4v) is 2.99. The molecular weight excluding hydrogens is 264 g/mol. The lowest BCUT2D eigenvalue weighted by Gasteiger charge is -2.10. The second kappa shape index (κ2) is 15.4. The van der Waals surface area contributed by atoms with Gasteiger partial charge in [-0.2, -0.15) is 0 Å². The molecule has 0 aliphatic heterocycles. The van der Waals surface area contributed by atoms with Gasteiger partial charge in [-0.15, -0.1) is 0 Å². The zero-order valence-electron chi connectivity index (χ0n) is 14.2. The molecule has 0 rings (SSSR count). The van der Waals surface area contributed by atoms with Crippen LogP contribution in [-0.4, -0.2) is 0 Å². The van der Waals surface area contributed by atoms with Gasteiger partial charge in [0.15, 0.2) is 0 Å². The Bertz CT molecular complexity index is 220. The van der Waals surface area contributed by atoms with E-state index in [2.05, 4.69) is 26.8 Å². The molecule has 0 aromatic carbocycles. The van der Waals surface area contributed by atoms with Gasteiger partial charge in [-0.1, -0.05) is 103 Å². The largest absolute Gasteiger partial charge is 0.0895 e. The Hall–Kier alpha value is 0.0300. The highest BCUT2D eigenvalue weighted by Crippen LogP contribution is 2.22. The van der Waals surface area contributed by atoms with Gasteiger partial charge in [0.05, 0.1) is 0 Å². The van der Waals surface area contributed by atoms with Gasteiger partial charge in [-0.05, 0) is 25.2 Å². The molecular formula is C19H37Cl. The minimum Gasteiger partial charge on any atom is -0.0895 e. The minimum atomic E-state index is 0.751. The summed E-state index contributed by atoms with van der Waals surface area (Å²) >= 11 is 6.33. The van der Waals surface area contributed by atoms with Crippen LogP contribution >= 0.6 is 11.6 Å². The molecule has 0 heterocycles. The maximum absolute atomic E-state index is 6.33. The van der Waals surface area contributed by atoms with Gasteiger partial charge in [0.2, 0.25) is 0 Å². The number of halogens is 1. The summed E-state index contributed by atoms with van der Waals surface area (Å²) in [6.45, 7) is 6.88. The predicted molar refractivity (Wildman–Crippen MR) is 94.5 cm³/mol. The molecule has 1 unspecified atom stereocenters. The van der Waals surface area contributed by atoms with Gasteiger partial charge < -0.3 is 0 Å². The Morgan fingerprint density at radius 2 is 1.40 bits per heavy atom. The van der Waals surface area contributed by atoms with Crippen LogP contribution in [0.1, 0.15) is 104 Å². The molecule has 0 spiro atoms. The third-order valence-corrected chi connectivity index (χ3v) is 4.33. The third kappa shape index (κ3) is 14.4. The SMILES string of the molecule is CCCCCC/C=C(\Cl)CC(C)CCCCCCCC. The maximum Gasteiger partial charge on any atom is 0.0143 e. The standard InChI is InChI=1S/C19H37Cl/c1-4-6-8-10-12-13-15-18(3)17-19(20)16-14-11-9-7-5-2/h16,18H,4-15,17H2,1-3H3/b19-16-. The zero-order valence-corrected chi connectivity index (χ0v) is 15.0. The maximum atomic E-state index is 6.33. The summed E-state index contributed by atoms with van der Waals surface area (Å²) in [5.41, 5.74) is 0. The van der Waals surface area contributed by atoms with Gasteiger partial charge in [0.1, 0.15) is 0 Å². The number of hydrogen-bond donors (Lipinski definition) is 0. The molecule has 0 N–H and O–H groups in total. The molecule has 20 heavy (non-hydrogen) atoms. The summed E-state index contributed by atoms with van der Waals surface area (Å²) < 4.78 is 0. The van der Waals surface area contributed by atoms with Gasteiger partial charge in [0, 0.05) is 5.03 Å². The minimum absolute atomic E-state index is 0.751. The van der Waals surface area contributed by atoms with Crippen molar-refractivity contribution >= 4 is 11.6 Å². The summed E-state index contributed by atoms with van der Waals surface area (Å²) in [6.07, 6.45) is 19.6. The second-order valence-electron chi connectivity index (χ2n) is 6.37. The van der Waals surface area contributed by atoms with Crippen LogP contribution in [0.4, 0.5) is 0 Å². The summed E-state index contributed by atoms with van der Waals surface area (Å²) in [7, 11) is 0. The van der Waals surface area contributed by atoms with Crippen molar-refractivity contribution in [1.82, 2.24) is 0 Å². The lowest BCUT2D eigenvalue weighted by Crippen LogP contribution is -1.95. The van der Waals surface area contributed by atoms with Gasteiger partial charge >= 0.3 is 0 Å². The van der Waals surface area contributed by atoms with E-state index in [1.54, 1.807) is 0 Å². The van der Waals surface area contributed by atoms with Gasteiger partial charge in [-0.3, -0.25) is 0 Å². The van der Waals surface area contributed by atoms with Crippen LogP contribution in [0, 0.1) is 5.92 Å². The molecule has 0 nitrogen and oxygen atoms in total. The molecule has 0 aliphatic rings. The molecule has 0 saturated carbocycles. The predicted octanol–water partition coefficient (Wildman–Crippen LogP) is 7.86. The molecule has 0 aromatic rings. The Morgan fingerprint density at radius 1 is 0.850 bits per heavy atom. The zero-order chi connectivity index (χ0) is 15.1. The smallest absolute Gasteiger partial charge is 0.0143 e. The van der Waals surface area contributed by atoms with Crippen molar-refractivity contribution in [2.24, 2.45) is 5.92 Å². The van der Waals surface area contributed by atoms with Crippen molar-refractivity contribution in [3.8, 4) is 0 Å². The van der Waals surface area contributed by atoms with E-state index in [1.165, 1.54) is 77.0 Å². The normalized spacial score (nSPS) is 13.7. The topological polar surface area (TPSA) is 0 Å². The molecule has 1 atom stereocenters. The van der Waals surface area contributed by atoms with Crippen molar-refractivity contribution < 1.29 is 0 Å². The van der Waals surface area contributed by atoms with Crippen LogP contribution in [-0.2, 0) is 0 Å². The Labute approximate surface area is 133 Å². The van der Waals surface area contributed by atoms with Crippen LogP contribution in [0.5, 0.6) is 0 Å². The molecule has 0 aliphatic carbocycles.